The summed E-state index contributed by atoms with van der Waals surface area (Å²) in [6, 6.07) is 1.92. The van der Waals surface area contributed by atoms with Crippen molar-refractivity contribution in [3.05, 3.63) is 21.4 Å². The van der Waals surface area contributed by atoms with Gasteiger partial charge in [0, 0.05) is 17.0 Å². The number of rotatable bonds is 3. The predicted molar refractivity (Wildman–Crippen MR) is 71.6 cm³/mol. The van der Waals surface area contributed by atoms with Gasteiger partial charge in [0.05, 0.1) is 4.88 Å². The molecule has 5 heteroatoms. The number of hydrogen-bond acceptors (Lipinski definition) is 3. The molecule has 0 spiro atoms. The summed E-state index contributed by atoms with van der Waals surface area (Å²) in [7, 11) is 0. The molecule has 0 fully saturated rings. The molecule has 0 saturated heterocycles. The van der Waals surface area contributed by atoms with Crippen molar-refractivity contribution in [2.75, 3.05) is 6.54 Å². The Morgan fingerprint density at radius 1 is 1.50 bits per heavy atom. The van der Waals surface area contributed by atoms with Crippen molar-refractivity contribution in [1.82, 2.24) is 5.32 Å². The molecule has 0 radical (unpaired) electrons. The fraction of sp³-hybridized carbons (Fsp3) is 0.545. The molecule has 1 rings (SSSR count). The summed E-state index contributed by atoms with van der Waals surface area (Å²) >= 11 is 1.52. The van der Waals surface area contributed by atoms with E-state index in [9.17, 15) is 4.79 Å². The van der Waals surface area contributed by atoms with Crippen LogP contribution in [0.25, 0.3) is 0 Å². The molecule has 0 aliphatic rings. The van der Waals surface area contributed by atoms with E-state index in [1.165, 1.54) is 16.2 Å². The Morgan fingerprint density at radius 3 is 2.44 bits per heavy atom. The number of nitrogens with two attached hydrogens (primary N) is 1. The Balaban J connectivity index is 0.00000225. The topological polar surface area (TPSA) is 55.1 Å². The predicted octanol–water partition coefficient (Wildman–Crippen LogP) is 2.25. The molecule has 0 bridgehead atoms. The summed E-state index contributed by atoms with van der Waals surface area (Å²) < 4.78 is 0. The van der Waals surface area contributed by atoms with Gasteiger partial charge in [-0.2, -0.15) is 0 Å². The number of aryl methyl sites for hydroxylation is 2. The highest BCUT2D eigenvalue weighted by molar-refractivity contribution is 7.14. The highest BCUT2D eigenvalue weighted by Crippen LogP contribution is 2.20. The summed E-state index contributed by atoms with van der Waals surface area (Å²) in [4.78, 5) is 13.8. The zero-order valence-corrected chi connectivity index (χ0v) is 11.7. The molecular weight excluding hydrogens is 244 g/mol. The van der Waals surface area contributed by atoms with Crippen LogP contribution in [0.1, 0.15) is 34.0 Å². The Bertz CT molecular complexity index is 355. The molecule has 0 unspecified atom stereocenters. The number of amides is 1. The van der Waals surface area contributed by atoms with Crippen LogP contribution in [0.5, 0.6) is 0 Å². The lowest BCUT2D eigenvalue weighted by atomic mass is 10.1. The largest absolute Gasteiger partial charge is 0.345 e. The smallest absolute Gasteiger partial charge is 0.261 e. The van der Waals surface area contributed by atoms with Gasteiger partial charge >= 0.3 is 0 Å². The maximum absolute atomic E-state index is 11.8. The maximum atomic E-state index is 11.8. The monoisotopic (exact) mass is 262 g/mol. The van der Waals surface area contributed by atoms with Gasteiger partial charge in [-0.3, -0.25) is 4.79 Å². The van der Waals surface area contributed by atoms with E-state index in [4.69, 9.17) is 5.73 Å². The van der Waals surface area contributed by atoms with E-state index in [0.29, 0.717) is 6.54 Å². The van der Waals surface area contributed by atoms with Gasteiger partial charge in [0.25, 0.3) is 5.91 Å². The molecule has 0 atom stereocenters. The first-order chi connectivity index (χ1) is 6.85. The molecule has 1 amide bonds. The van der Waals surface area contributed by atoms with Gasteiger partial charge in [-0.05, 0) is 39.3 Å². The Kier molecular flexibility index (Phi) is 5.46. The normalized spacial score (nSPS) is 10.8. The van der Waals surface area contributed by atoms with Crippen LogP contribution in [0, 0.1) is 13.8 Å². The maximum Gasteiger partial charge on any atom is 0.261 e. The average molecular weight is 263 g/mol. The van der Waals surface area contributed by atoms with Crippen LogP contribution in [0.3, 0.4) is 0 Å². The molecule has 0 aromatic carbocycles. The van der Waals surface area contributed by atoms with Gasteiger partial charge in [0.2, 0.25) is 0 Å². The molecular formula is C11H19ClN2OS. The fourth-order valence-electron chi connectivity index (χ4n) is 1.11. The molecule has 0 aliphatic carbocycles. The van der Waals surface area contributed by atoms with Crippen LogP contribution in [-0.4, -0.2) is 18.0 Å². The van der Waals surface area contributed by atoms with Crippen molar-refractivity contribution in [1.29, 1.82) is 0 Å². The summed E-state index contributed by atoms with van der Waals surface area (Å²) in [5.41, 5.74) is 6.37. The van der Waals surface area contributed by atoms with Gasteiger partial charge in [0.15, 0.2) is 0 Å². The molecule has 1 aromatic rings. The van der Waals surface area contributed by atoms with Crippen molar-refractivity contribution < 1.29 is 4.79 Å². The number of halogens is 1. The van der Waals surface area contributed by atoms with Crippen LogP contribution in [0.2, 0.25) is 0 Å². The zero-order valence-electron chi connectivity index (χ0n) is 10.1. The second-order valence-corrected chi connectivity index (χ2v) is 5.65. The van der Waals surface area contributed by atoms with Crippen molar-refractivity contribution in [2.45, 2.75) is 33.2 Å². The SMILES string of the molecule is Cc1cc(C(=O)NC(C)(C)CN)sc1C.Cl. The lowest BCUT2D eigenvalue weighted by Crippen LogP contribution is -2.48. The van der Waals surface area contributed by atoms with E-state index >= 15 is 0 Å². The summed E-state index contributed by atoms with van der Waals surface area (Å²) in [6.07, 6.45) is 0. The van der Waals surface area contributed by atoms with Gasteiger partial charge in [-0.25, -0.2) is 0 Å². The molecule has 1 aromatic heterocycles. The number of thiophene rings is 1. The second kappa shape index (κ2) is 5.66. The number of carbonyl (C=O) groups excluding carboxylic acids is 1. The quantitative estimate of drug-likeness (QED) is 0.878. The average Bonchev–Trinajstić information content (AvgIpc) is 2.47. The standard InChI is InChI=1S/C11H18N2OS.ClH/c1-7-5-9(15-8(7)2)10(14)13-11(3,4)6-12;/h5H,6,12H2,1-4H3,(H,13,14);1H. The molecule has 0 aliphatic heterocycles. The van der Waals surface area contributed by atoms with Crippen LogP contribution in [-0.2, 0) is 0 Å². The van der Waals surface area contributed by atoms with Crippen LogP contribution >= 0.6 is 23.7 Å². The highest BCUT2D eigenvalue weighted by atomic mass is 35.5. The van der Waals surface area contributed by atoms with Crippen molar-refractivity contribution in [3.8, 4) is 0 Å². The highest BCUT2D eigenvalue weighted by Gasteiger charge is 2.20. The minimum atomic E-state index is -0.344. The number of nitrogens with one attached hydrogen (secondary N) is 1. The van der Waals surface area contributed by atoms with Crippen LogP contribution in [0.4, 0.5) is 0 Å². The summed E-state index contributed by atoms with van der Waals surface area (Å²) in [5, 5.41) is 2.91. The van der Waals surface area contributed by atoms with E-state index in [1.54, 1.807) is 0 Å². The van der Waals surface area contributed by atoms with Gasteiger partial charge in [-0.15, -0.1) is 23.7 Å². The molecule has 92 valence electrons. The van der Waals surface area contributed by atoms with Crippen molar-refractivity contribution in [3.63, 3.8) is 0 Å². The van der Waals surface area contributed by atoms with Crippen molar-refractivity contribution >= 4 is 29.7 Å². The number of carbonyl (C=O) groups is 1. The summed E-state index contributed by atoms with van der Waals surface area (Å²) in [6.45, 7) is 8.29. The molecule has 0 saturated carbocycles. The van der Waals surface area contributed by atoms with E-state index in [1.807, 2.05) is 33.8 Å². The zero-order chi connectivity index (χ0) is 11.6. The van der Waals surface area contributed by atoms with E-state index in [0.717, 1.165) is 10.4 Å². The Hall–Kier alpha value is -0.580. The molecule has 3 N–H and O–H groups in total. The van der Waals surface area contributed by atoms with Crippen LogP contribution < -0.4 is 11.1 Å². The first-order valence-electron chi connectivity index (χ1n) is 4.95. The third kappa shape index (κ3) is 3.77. The van der Waals surface area contributed by atoms with Gasteiger partial charge < -0.3 is 11.1 Å². The van der Waals surface area contributed by atoms with Crippen LogP contribution in [0.15, 0.2) is 6.07 Å². The lowest BCUT2D eigenvalue weighted by molar-refractivity contribution is 0.0920. The lowest BCUT2D eigenvalue weighted by Gasteiger charge is -2.23. The first-order valence-corrected chi connectivity index (χ1v) is 5.77. The molecule has 16 heavy (non-hydrogen) atoms. The minimum Gasteiger partial charge on any atom is -0.345 e. The van der Waals surface area contributed by atoms with Gasteiger partial charge in [0.1, 0.15) is 0 Å². The Morgan fingerprint density at radius 2 is 2.06 bits per heavy atom. The van der Waals surface area contributed by atoms with Gasteiger partial charge in [-0.1, -0.05) is 0 Å². The second-order valence-electron chi connectivity index (χ2n) is 4.39. The minimum absolute atomic E-state index is 0. The molecule has 1 heterocycles. The Labute approximate surface area is 107 Å². The fourth-order valence-corrected chi connectivity index (χ4v) is 2.03. The van der Waals surface area contributed by atoms with E-state index in [-0.39, 0.29) is 23.9 Å². The third-order valence-corrected chi connectivity index (χ3v) is 3.50. The number of hydrogen-bond donors (Lipinski definition) is 2. The molecule has 3 nitrogen and oxygen atoms in total. The first kappa shape index (κ1) is 15.4. The van der Waals surface area contributed by atoms with E-state index < -0.39 is 0 Å². The third-order valence-electron chi connectivity index (χ3n) is 2.35. The van der Waals surface area contributed by atoms with Crippen molar-refractivity contribution in [2.24, 2.45) is 5.73 Å². The summed E-state index contributed by atoms with van der Waals surface area (Å²) in [5.74, 6) is -0.0355. The van der Waals surface area contributed by atoms with E-state index in [2.05, 4.69) is 5.32 Å².